The molecule has 0 atom stereocenters. The number of hydrogen-bond donors (Lipinski definition) is 4. The molecule has 0 bridgehead atoms. The van der Waals surface area contributed by atoms with E-state index in [0.717, 1.165) is 24.3 Å². The van der Waals surface area contributed by atoms with Gasteiger partial charge < -0.3 is 21.7 Å². The summed E-state index contributed by atoms with van der Waals surface area (Å²) in [7, 11) is -9.17. The second kappa shape index (κ2) is 22.9. The van der Waals surface area contributed by atoms with Gasteiger partial charge in [-0.1, -0.05) is 48.5 Å². The van der Waals surface area contributed by atoms with Crippen molar-refractivity contribution < 1.29 is 161 Å². The molecule has 0 spiro atoms. The van der Waals surface area contributed by atoms with Crippen molar-refractivity contribution in [1.29, 1.82) is 0 Å². The maximum absolute atomic E-state index is 11.6. The summed E-state index contributed by atoms with van der Waals surface area (Å²) in [5.41, 5.74) is 10.6. The topological polar surface area (TPSA) is 419 Å². The van der Waals surface area contributed by atoms with E-state index in [1.807, 2.05) is 0 Å². The summed E-state index contributed by atoms with van der Waals surface area (Å²) >= 11 is 0. The molecule has 0 amide bonds. The third-order valence-corrected chi connectivity index (χ3v) is 9.80. The van der Waals surface area contributed by atoms with Gasteiger partial charge in [0.15, 0.2) is 0 Å². The first-order chi connectivity index (χ1) is 28.0. The average Bonchev–Trinajstić information content (AvgIpc) is 3.16. The Hall–Kier alpha value is -4.83. The molecule has 0 fully saturated rings. The Morgan fingerprint density at radius 2 is 0.812 bits per heavy atom. The summed E-state index contributed by atoms with van der Waals surface area (Å²) in [6.45, 7) is 0. The van der Waals surface area contributed by atoms with Crippen LogP contribution < -0.4 is 88.7 Å². The number of rotatable bonds is 10. The number of non-ortho nitro benzene ring substituents is 2. The fourth-order valence-electron chi connectivity index (χ4n) is 5.32. The monoisotopic (exact) mass is 992 g/mol. The standard InChI is InChI=1S/2C16H10N5O8S.Co.3Na/c2*17-11-5-4-9-10(2-1-3-14(9)30(27,28)29)15(11)19-18-12-6-8(20(23)24)7-13(16(12)22)21(25)26;;;;/h2*1-7H,(H3-,17,18,19,22,27,28,29);;;;/q2*-1;;3*+1. The second-order valence-electron chi connectivity index (χ2n) is 11.7. The van der Waals surface area contributed by atoms with E-state index in [0.29, 0.717) is 12.1 Å². The number of azo groups is 2. The summed E-state index contributed by atoms with van der Waals surface area (Å²) in [6, 6.07) is 15.2. The van der Waals surface area contributed by atoms with Gasteiger partial charge in [0.1, 0.15) is 21.2 Å². The number of nitrogens with zero attached hydrogens (tertiary/aromatic N) is 8. The number of phenolic OH excluding ortho intramolecular Hbond substituents is 2. The normalized spacial score (nSPS) is 11.0. The van der Waals surface area contributed by atoms with Crippen LogP contribution in [0.3, 0.4) is 0 Å². The van der Waals surface area contributed by atoms with E-state index >= 15 is 0 Å². The van der Waals surface area contributed by atoms with Crippen molar-refractivity contribution in [2.75, 3.05) is 0 Å². The number of benzene rings is 6. The SMILES string of the molecule is [Co].[NH-]c1ccc2c(S(=O)(=O)O)cccc2c1N=Nc1cc([N+](=O)[O-])cc([N+](=O)[O-])c1O.[NH-]c1ccc2c(S(=O)(=O)O)cccc2c1N=Nc1cc([N+](=O)[O-])cc([N+](=O)[O-])c1O.[Na+].[Na+].[Na+]. The summed E-state index contributed by atoms with van der Waals surface area (Å²) in [6.07, 6.45) is 0. The maximum Gasteiger partial charge on any atom is 1.00 e. The zero-order valence-corrected chi connectivity index (χ0v) is 41.2. The van der Waals surface area contributed by atoms with E-state index in [1.54, 1.807) is 0 Å². The van der Waals surface area contributed by atoms with Gasteiger partial charge in [0.05, 0.1) is 43.2 Å². The summed E-state index contributed by atoms with van der Waals surface area (Å²) in [5, 5.41) is 79.0. The van der Waals surface area contributed by atoms with Crippen molar-refractivity contribution in [2.24, 2.45) is 20.5 Å². The molecular formula is C32H20CoN10Na3O16S2+. The molecule has 32 heteroatoms. The molecule has 0 unspecified atom stereocenters. The van der Waals surface area contributed by atoms with Crippen LogP contribution in [0.5, 0.6) is 11.5 Å². The molecule has 0 heterocycles. The Kier molecular flexibility index (Phi) is 20.4. The minimum Gasteiger partial charge on any atom is -0.697 e. The number of hydrogen-bond acceptors (Lipinski definition) is 18. The quantitative estimate of drug-likeness (QED) is 0.0475. The molecule has 1 radical (unpaired) electrons. The van der Waals surface area contributed by atoms with Crippen LogP contribution in [0.4, 0.5) is 56.9 Å². The molecule has 6 aromatic carbocycles. The van der Waals surface area contributed by atoms with Gasteiger partial charge in [-0.15, -0.1) is 21.6 Å². The summed E-state index contributed by atoms with van der Waals surface area (Å²) in [5.74, 6) is -1.94. The fraction of sp³-hybridized carbons (Fsp3) is 0. The minimum absolute atomic E-state index is 0. The number of phenols is 2. The first-order valence-corrected chi connectivity index (χ1v) is 18.5. The Morgan fingerprint density at radius 3 is 1.09 bits per heavy atom. The van der Waals surface area contributed by atoms with Crippen LogP contribution in [0.1, 0.15) is 0 Å². The number of aromatic hydroxyl groups is 2. The second-order valence-corrected chi connectivity index (χ2v) is 14.4. The molecule has 0 aliphatic rings. The van der Waals surface area contributed by atoms with Gasteiger partial charge in [0.2, 0.25) is 11.5 Å². The number of fused-ring (bicyclic) bond motifs is 2. The average molecular weight is 993 g/mol. The maximum atomic E-state index is 11.6. The van der Waals surface area contributed by atoms with Gasteiger partial charge in [0, 0.05) is 50.5 Å². The van der Waals surface area contributed by atoms with Crippen LogP contribution in [-0.2, 0) is 37.0 Å². The number of nitro benzene ring substituents is 4. The van der Waals surface area contributed by atoms with Gasteiger partial charge in [-0.05, 0) is 12.1 Å². The van der Waals surface area contributed by atoms with Crippen LogP contribution in [0.2, 0.25) is 0 Å². The van der Waals surface area contributed by atoms with Crippen molar-refractivity contribution in [3.05, 3.63) is 137 Å². The molecule has 0 saturated heterocycles. The minimum atomic E-state index is -4.59. The molecule has 26 nitrogen and oxygen atoms in total. The van der Waals surface area contributed by atoms with E-state index in [9.17, 15) is 76.6 Å². The van der Waals surface area contributed by atoms with E-state index in [4.69, 9.17) is 11.5 Å². The largest absolute Gasteiger partial charge is 1.00 e. The Bertz CT molecular complexity index is 2940. The van der Waals surface area contributed by atoms with Crippen LogP contribution >= 0.6 is 0 Å². The number of nitrogens with one attached hydrogen (secondary N) is 2. The van der Waals surface area contributed by atoms with Gasteiger partial charge in [-0.3, -0.25) is 49.6 Å². The van der Waals surface area contributed by atoms with Crippen molar-refractivity contribution in [3.8, 4) is 11.5 Å². The third kappa shape index (κ3) is 12.7. The van der Waals surface area contributed by atoms with Crippen molar-refractivity contribution >= 4 is 98.7 Å². The van der Waals surface area contributed by atoms with Crippen LogP contribution in [0, 0.1) is 40.5 Å². The molecule has 0 aliphatic carbocycles. The molecular weight excluding hydrogens is 972 g/mol. The number of nitro groups is 4. The van der Waals surface area contributed by atoms with Crippen LogP contribution in [0.15, 0.2) is 115 Å². The Balaban J connectivity index is 0.000000602. The molecule has 0 aliphatic heterocycles. The molecule has 0 saturated carbocycles. The smallest absolute Gasteiger partial charge is 0.697 e. The van der Waals surface area contributed by atoms with Gasteiger partial charge in [0.25, 0.3) is 31.6 Å². The molecule has 64 heavy (non-hydrogen) atoms. The first kappa shape index (κ1) is 57.2. The van der Waals surface area contributed by atoms with Gasteiger partial charge in [-0.25, -0.2) is 0 Å². The van der Waals surface area contributed by atoms with Gasteiger partial charge >= 0.3 is 100 Å². The van der Waals surface area contributed by atoms with E-state index in [1.165, 1.54) is 48.5 Å². The molecule has 6 N–H and O–H groups in total. The van der Waals surface area contributed by atoms with Crippen molar-refractivity contribution in [2.45, 2.75) is 9.79 Å². The molecule has 6 aromatic rings. The Labute approximate surface area is 434 Å². The summed E-state index contributed by atoms with van der Waals surface area (Å²) in [4.78, 5) is 39.2. The zero-order valence-electron chi connectivity index (χ0n) is 32.5. The first-order valence-electron chi connectivity index (χ1n) is 15.7. The Morgan fingerprint density at radius 1 is 0.484 bits per heavy atom. The van der Waals surface area contributed by atoms with Crippen LogP contribution in [-0.4, -0.2) is 55.8 Å². The van der Waals surface area contributed by atoms with E-state index < -0.39 is 95.3 Å². The zero-order chi connectivity index (χ0) is 44.4. The molecule has 317 valence electrons. The van der Waals surface area contributed by atoms with Gasteiger partial charge in [-0.2, -0.15) is 27.1 Å². The predicted octanol–water partition coefficient (Wildman–Crippen LogP) is 0.425. The van der Waals surface area contributed by atoms with Crippen LogP contribution in [0.25, 0.3) is 33.0 Å². The van der Waals surface area contributed by atoms with Crippen molar-refractivity contribution in [1.82, 2.24) is 0 Å². The molecule has 0 aromatic heterocycles. The third-order valence-electron chi connectivity index (χ3n) is 7.98. The van der Waals surface area contributed by atoms with E-state index in [2.05, 4.69) is 20.5 Å². The molecule has 6 rings (SSSR count). The fourth-order valence-corrected chi connectivity index (χ4v) is 6.73. The summed E-state index contributed by atoms with van der Waals surface area (Å²) < 4.78 is 65.0. The van der Waals surface area contributed by atoms with Crippen molar-refractivity contribution in [3.63, 3.8) is 0 Å². The predicted molar refractivity (Wildman–Crippen MR) is 207 cm³/mol. The van der Waals surface area contributed by atoms with E-state index in [-0.39, 0.29) is 150 Å².